The predicted molar refractivity (Wildman–Crippen MR) is 114 cm³/mol. The molecule has 1 amide bonds. The van der Waals surface area contributed by atoms with E-state index in [-0.39, 0.29) is 18.1 Å². The Kier molecular flexibility index (Phi) is 4.79. The zero-order valence-corrected chi connectivity index (χ0v) is 17.6. The first kappa shape index (κ1) is 19.4. The molecule has 3 aromatic rings. The highest BCUT2D eigenvalue weighted by Gasteiger charge is 2.36. The molecule has 2 heterocycles. The molecule has 0 radical (unpaired) electrons. The fraction of sp³-hybridized carbons (Fsp3) is 0.261. The molecular weight excluding hydrogens is 386 g/mol. The third-order valence-electron chi connectivity index (χ3n) is 5.68. The van der Waals surface area contributed by atoms with Crippen LogP contribution < -0.4 is 5.32 Å². The van der Waals surface area contributed by atoms with Crippen molar-refractivity contribution in [2.75, 3.05) is 5.32 Å². The molecule has 0 bridgehead atoms. The Bertz CT molecular complexity index is 1160. The summed E-state index contributed by atoms with van der Waals surface area (Å²) < 4.78 is 1.68. The van der Waals surface area contributed by atoms with Gasteiger partial charge in [-0.1, -0.05) is 29.8 Å². The SMILES string of the molecule is Cc1ccc(C(=O)[C@@H]2CC(=O)Nc3c2c(C)nn3-c2cccc(Cl)c2C)cc1C. The van der Waals surface area contributed by atoms with E-state index in [9.17, 15) is 9.59 Å². The van der Waals surface area contributed by atoms with Gasteiger partial charge in [0.25, 0.3) is 0 Å². The fourth-order valence-corrected chi connectivity index (χ4v) is 4.04. The van der Waals surface area contributed by atoms with Crippen LogP contribution in [0.4, 0.5) is 5.82 Å². The summed E-state index contributed by atoms with van der Waals surface area (Å²) in [5.41, 5.74) is 5.93. The maximum atomic E-state index is 13.4. The molecule has 0 unspecified atom stereocenters. The van der Waals surface area contributed by atoms with Gasteiger partial charge in [0.2, 0.25) is 5.91 Å². The number of nitrogens with one attached hydrogen (secondary N) is 1. The van der Waals surface area contributed by atoms with E-state index in [4.69, 9.17) is 11.6 Å². The van der Waals surface area contributed by atoms with Gasteiger partial charge in [-0.25, -0.2) is 4.68 Å². The van der Waals surface area contributed by atoms with Crippen molar-refractivity contribution in [1.82, 2.24) is 9.78 Å². The number of Topliss-reactive ketones (excluding diaryl/α,β-unsaturated/α-hetero) is 1. The first-order chi connectivity index (χ1) is 13.8. The summed E-state index contributed by atoms with van der Waals surface area (Å²) in [6, 6.07) is 11.2. The molecular formula is C23H22ClN3O2. The molecule has 5 nitrogen and oxygen atoms in total. The van der Waals surface area contributed by atoms with Crippen molar-refractivity contribution in [2.45, 2.75) is 40.0 Å². The third-order valence-corrected chi connectivity index (χ3v) is 6.09. The molecule has 1 aliphatic heterocycles. The molecule has 0 fully saturated rings. The number of fused-ring (bicyclic) bond motifs is 1. The van der Waals surface area contributed by atoms with E-state index in [0.717, 1.165) is 33.6 Å². The summed E-state index contributed by atoms with van der Waals surface area (Å²) in [6.07, 6.45) is 0.111. The van der Waals surface area contributed by atoms with Gasteiger partial charge in [0, 0.05) is 22.6 Å². The summed E-state index contributed by atoms with van der Waals surface area (Å²) in [7, 11) is 0. The highest BCUT2D eigenvalue weighted by Crippen LogP contribution is 2.39. The van der Waals surface area contributed by atoms with Crippen LogP contribution in [0.1, 0.15) is 50.6 Å². The van der Waals surface area contributed by atoms with E-state index >= 15 is 0 Å². The van der Waals surface area contributed by atoms with E-state index in [1.807, 2.05) is 64.1 Å². The van der Waals surface area contributed by atoms with Crippen LogP contribution in [0.3, 0.4) is 0 Å². The highest BCUT2D eigenvalue weighted by molar-refractivity contribution is 6.31. The van der Waals surface area contributed by atoms with Crippen LogP contribution in [-0.2, 0) is 4.79 Å². The van der Waals surface area contributed by atoms with Crippen molar-refractivity contribution in [2.24, 2.45) is 0 Å². The maximum absolute atomic E-state index is 13.4. The van der Waals surface area contributed by atoms with Crippen LogP contribution in [0.15, 0.2) is 36.4 Å². The molecule has 0 saturated carbocycles. The number of aryl methyl sites for hydroxylation is 3. The minimum atomic E-state index is -0.561. The smallest absolute Gasteiger partial charge is 0.226 e. The minimum Gasteiger partial charge on any atom is -0.310 e. The number of benzene rings is 2. The maximum Gasteiger partial charge on any atom is 0.226 e. The lowest BCUT2D eigenvalue weighted by atomic mass is 9.85. The van der Waals surface area contributed by atoms with E-state index in [0.29, 0.717) is 16.4 Å². The summed E-state index contributed by atoms with van der Waals surface area (Å²) in [5, 5.41) is 8.19. The number of amides is 1. The van der Waals surface area contributed by atoms with Gasteiger partial charge in [-0.3, -0.25) is 9.59 Å². The standard InChI is InChI=1S/C23H22ClN3O2/c1-12-8-9-16(10-13(12)2)22(29)17-11-20(28)25-23-21(17)15(4)26-27(23)19-7-5-6-18(24)14(19)3/h5-10,17H,11H2,1-4H3,(H,25,28)/t17-/m1/s1. The molecule has 148 valence electrons. The number of nitrogens with zero attached hydrogens (tertiary/aromatic N) is 2. The Labute approximate surface area is 174 Å². The van der Waals surface area contributed by atoms with Gasteiger partial charge in [0.1, 0.15) is 5.82 Å². The molecule has 1 aromatic heterocycles. The van der Waals surface area contributed by atoms with Crippen molar-refractivity contribution in [3.8, 4) is 5.69 Å². The first-order valence-corrected chi connectivity index (χ1v) is 9.92. The molecule has 0 spiro atoms. The Hall–Kier alpha value is -2.92. The average molecular weight is 408 g/mol. The second-order valence-electron chi connectivity index (χ2n) is 7.61. The zero-order valence-electron chi connectivity index (χ0n) is 16.8. The highest BCUT2D eigenvalue weighted by atomic mass is 35.5. The number of anilines is 1. The van der Waals surface area contributed by atoms with E-state index < -0.39 is 5.92 Å². The van der Waals surface area contributed by atoms with Crippen molar-refractivity contribution < 1.29 is 9.59 Å². The largest absolute Gasteiger partial charge is 0.310 e. The Morgan fingerprint density at radius 2 is 1.90 bits per heavy atom. The van der Waals surface area contributed by atoms with Crippen LogP contribution in [0, 0.1) is 27.7 Å². The second-order valence-corrected chi connectivity index (χ2v) is 8.02. The number of aromatic nitrogens is 2. The number of carbonyl (C=O) groups is 2. The second kappa shape index (κ2) is 7.16. The van der Waals surface area contributed by atoms with E-state index in [1.54, 1.807) is 4.68 Å². The lowest BCUT2D eigenvalue weighted by Crippen LogP contribution is -2.28. The third kappa shape index (κ3) is 3.25. The number of hydrogen-bond acceptors (Lipinski definition) is 3. The Morgan fingerprint density at radius 3 is 2.62 bits per heavy atom. The Balaban J connectivity index is 1.85. The number of ketones is 1. The van der Waals surface area contributed by atoms with Crippen molar-refractivity contribution >= 4 is 29.1 Å². The van der Waals surface area contributed by atoms with Gasteiger partial charge in [-0.15, -0.1) is 0 Å². The monoisotopic (exact) mass is 407 g/mol. The van der Waals surface area contributed by atoms with Crippen LogP contribution in [0.5, 0.6) is 0 Å². The lowest BCUT2D eigenvalue weighted by Gasteiger charge is -2.23. The zero-order chi connectivity index (χ0) is 20.9. The molecule has 0 saturated heterocycles. The van der Waals surface area contributed by atoms with Crippen molar-refractivity contribution in [3.05, 3.63) is 74.9 Å². The van der Waals surface area contributed by atoms with Crippen LogP contribution in [-0.4, -0.2) is 21.5 Å². The van der Waals surface area contributed by atoms with Crippen LogP contribution in [0.2, 0.25) is 5.02 Å². The average Bonchev–Trinajstić information content (AvgIpc) is 3.01. The van der Waals surface area contributed by atoms with Gasteiger partial charge in [-0.2, -0.15) is 5.10 Å². The van der Waals surface area contributed by atoms with E-state index in [2.05, 4.69) is 10.4 Å². The van der Waals surface area contributed by atoms with Gasteiger partial charge < -0.3 is 5.32 Å². The lowest BCUT2D eigenvalue weighted by molar-refractivity contribution is -0.116. The van der Waals surface area contributed by atoms with Crippen LogP contribution in [0.25, 0.3) is 5.69 Å². The molecule has 0 aliphatic carbocycles. The van der Waals surface area contributed by atoms with Gasteiger partial charge in [-0.05, 0) is 62.6 Å². The molecule has 6 heteroatoms. The molecule has 1 N–H and O–H groups in total. The number of carbonyl (C=O) groups excluding carboxylic acids is 2. The fourth-order valence-electron chi connectivity index (χ4n) is 3.87. The number of hydrogen-bond donors (Lipinski definition) is 1. The molecule has 29 heavy (non-hydrogen) atoms. The minimum absolute atomic E-state index is 0.0605. The summed E-state index contributed by atoms with van der Waals surface area (Å²) in [4.78, 5) is 25.9. The summed E-state index contributed by atoms with van der Waals surface area (Å²) in [5.74, 6) is -0.268. The summed E-state index contributed by atoms with van der Waals surface area (Å²) in [6.45, 7) is 7.77. The molecule has 4 rings (SSSR count). The molecule has 1 aliphatic rings. The number of halogens is 1. The quantitative estimate of drug-likeness (QED) is 0.616. The molecule has 2 aromatic carbocycles. The van der Waals surface area contributed by atoms with Crippen molar-refractivity contribution in [1.29, 1.82) is 0 Å². The van der Waals surface area contributed by atoms with Crippen molar-refractivity contribution in [3.63, 3.8) is 0 Å². The first-order valence-electron chi connectivity index (χ1n) is 9.54. The number of rotatable bonds is 3. The van der Waals surface area contributed by atoms with Gasteiger partial charge in [0.15, 0.2) is 5.78 Å². The molecule has 1 atom stereocenters. The van der Waals surface area contributed by atoms with E-state index in [1.165, 1.54) is 0 Å². The normalized spacial score (nSPS) is 15.8. The van der Waals surface area contributed by atoms with Gasteiger partial charge in [0.05, 0.1) is 17.3 Å². The van der Waals surface area contributed by atoms with Crippen LogP contribution >= 0.6 is 11.6 Å². The predicted octanol–water partition coefficient (Wildman–Crippen LogP) is 5.07. The summed E-state index contributed by atoms with van der Waals surface area (Å²) >= 11 is 6.29. The Morgan fingerprint density at radius 1 is 1.14 bits per heavy atom. The topological polar surface area (TPSA) is 64.0 Å². The van der Waals surface area contributed by atoms with Gasteiger partial charge >= 0.3 is 0 Å².